The van der Waals surface area contributed by atoms with Crippen LogP contribution in [0.25, 0.3) is 0 Å². The molecule has 1 atom stereocenters. The van der Waals surface area contributed by atoms with E-state index in [9.17, 15) is 0 Å². The molecule has 0 bridgehead atoms. The Bertz CT molecular complexity index is 217. The molecule has 2 nitrogen and oxygen atoms in total. The zero-order valence-electron chi connectivity index (χ0n) is 10.0. The van der Waals surface area contributed by atoms with Crippen LogP contribution in [0.5, 0.6) is 0 Å². The molecule has 1 heterocycles. The molecule has 0 amide bonds. The molecule has 0 aliphatic carbocycles. The van der Waals surface area contributed by atoms with Gasteiger partial charge in [-0.05, 0) is 18.4 Å². The fourth-order valence-corrected chi connectivity index (χ4v) is 2.10. The number of rotatable bonds is 5. The van der Waals surface area contributed by atoms with E-state index >= 15 is 0 Å². The molecule has 1 aliphatic rings. The summed E-state index contributed by atoms with van der Waals surface area (Å²) in [7, 11) is 0. The molecule has 0 spiro atoms. The van der Waals surface area contributed by atoms with Crippen molar-refractivity contribution in [3.05, 3.63) is 24.4 Å². The van der Waals surface area contributed by atoms with E-state index in [-0.39, 0.29) is 0 Å². The maximum Gasteiger partial charge on any atom is 0.0642 e. The maximum atomic E-state index is 5.37. The minimum atomic E-state index is 0.631. The van der Waals surface area contributed by atoms with Gasteiger partial charge in [0.2, 0.25) is 0 Å². The third-order valence-corrected chi connectivity index (χ3v) is 2.89. The number of hydrogen-bond acceptors (Lipinski definition) is 2. The Morgan fingerprint density at radius 2 is 2.13 bits per heavy atom. The summed E-state index contributed by atoms with van der Waals surface area (Å²) in [5.41, 5.74) is 1.43. The summed E-state index contributed by atoms with van der Waals surface area (Å²) in [6, 6.07) is 0. The van der Waals surface area contributed by atoms with Crippen LogP contribution < -0.4 is 0 Å². The Balaban J connectivity index is 2.63. The first-order valence-corrected chi connectivity index (χ1v) is 5.95. The molecule has 0 radical (unpaired) electrons. The molecular formula is C13H23NO. The highest BCUT2D eigenvalue weighted by molar-refractivity contribution is 5.12. The summed E-state index contributed by atoms with van der Waals surface area (Å²) in [6.07, 6.45) is 6.54. The number of nitrogens with zero attached hydrogens (tertiary/aromatic N) is 1. The van der Waals surface area contributed by atoms with Crippen molar-refractivity contribution >= 4 is 0 Å². The van der Waals surface area contributed by atoms with E-state index in [1.165, 1.54) is 18.5 Å². The highest BCUT2D eigenvalue weighted by Crippen LogP contribution is 2.21. The Morgan fingerprint density at radius 3 is 2.67 bits per heavy atom. The van der Waals surface area contributed by atoms with Crippen molar-refractivity contribution < 1.29 is 4.74 Å². The third kappa shape index (κ3) is 3.71. The minimum Gasteiger partial charge on any atom is -0.378 e. The molecular weight excluding hydrogens is 186 g/mol. The molecule has 1 aliphatic heterocycles. The Hall–Kier alpha value is -0.760. The fraction of sp³-hybridized carbons (Fsp3) is 0.692. The second-order valence-corrected chi connectivity index (χ2v) is 4.12. The van der Waals surface area contributed by atoms with Crippen LogP contribution in [0.3, 0.4) is 0 Å². The topological polar surface area (TPSA) is 12.5 Å². The van der Waals surface area contributed by atoms with Crippen molar-refractivity contribution in [3.63, 3.8) is 0 Å². The molecule has 0 aromatic heterocycles. The second-order valence-electron chi connectivity index (χ2n) is 4.12. The van der Waals surface area contributed by atoms with Gasteiger partial charge < -0.3 is 9.64 Å². The molecule has 15 heavy (non-hydrogen) atoms. The summed E-state index contributed by atoms with van der Waals surface area (Å²) < 4.78 is 5.37. The van der Waals surface area contributed by atoms with Crippen molar-refractivity contribution in [2.75, 3.05) is 26.3 Å². The molecule has 1 rings (SSSR count). The van der Waals surface area contributed by atoms with Crippen LogP contribution in [0, 0.1) is 5.92 Å². The molecule has 0 saturated carbocycles. The minimum absolute atomic E-state index is 0.631. The van der Waals surface area contributed by atoms with Crippen LogP contribution in [0.1, 0.15) is 26.7 Å². The van der Waals surface area contributed by atoms with Crippen molar-refractivity contribution in [2.45, 2.75) is 26.7 Å². The lowest BCUT2D eigenvalue weighted by Gasteiger charge is -2.34. The van der Waals surface area contributed by atoms with Crippen molar-refractivity contribution in [3.8, 4) is 0 Å². The van der Waals surface area contributed by atoms with Crippen LogP contribution in [0.2, 0.25) is 0 Å². The van der Waals surface area contributed by atoms with Crippen molar-refractivity contribution in [1.82, 2.24) is 4.90 Å². The van der Waals surface area contributed by atoms with Gasteiger partial charge in [0.15, 0.2) is 0 Å². The van der Waals surface area contributed by atoms with Crippen molar-refractivity contribution in [1.29, 1.82) is 0 Å². The average molecular weight is 209 g/mol. The lowest BCUT2D eigenvalue weighted by molar-refractivity contribution is 0.0487. The van der Waals surface area contributed by atoms with Crippen molar-refractivity contribution in [2.24, 2.45) is 5.92 Å². The number of hydrogen-bond donors (Lipinski definition) is 0. The predicted octanol–water partition coefficient (Wildman–Crippen LogP) is 2.82. The van der Waals surface area contributed by atoms with Gasteiger partial charge in [0.05, 0.1) is 13.2 Å². The summed E-state index contributed by atoms with van der Waals surface area (Å²) in [5.74, 6) is 0.631. The average Bonchev–Trinajstić information content (AvgIpc) is 2.27. The van der Waals surface area contributed by atoms with E-state index in [2.05, 4.69) is 31.4 Å². The molecule has 2 heteroatoms. The molecule has 1 unspecified atom stereocenters. The lowest BCUT2D eigenvalue weighted by Crippen LogP contribution is -2.37. The van der Waals surface area contributed by atoms with Gasteiger partial charge in [0.1, 0.15) is 0 Å². The van der Waals surface area contributed by atoms with Gasteiger partial charge >= 0.3 is 0 Å². The molecule has 86 valence electrons. The quantitative estimate of drug-likeness (QED) is 0.646. The zero-order chi connectivity index (χ0) is 11.1. The van der Waals surface area contributed by atoms with Crippen LogP contribution in [-0.2, 0) is 4.74 Å². The molecule has 1 saturated heterocycles. The normalized spacial score (nSPS) is 20.1. The first kappa shape index (κ1) is 12.3. The molecule has 0 N–H and O–H groups in total. The summed E-state index contributed by atoms with van der Waals surface area (Å²) in [6.45, 7) is 12.1. The van der Waals surface area contributed by atoms with E-state index in [0.29, 0.717) is 5.92 Å². The van der Waals surface area contributed by atoms with Gasteiger partial charge in [-0.15, -0.1) is 0 Å². The Labute approximate surface area is 93.6 Å². The van der Waals surface area contributed by atoms with E-state index in [4.69, 9.17) is 4.74 Å². The SMILES string of the molecule is C=C/C=C(\C(C)CCC)N1CCOCC1. The zero-order valence-corrected chi connectivity index (χ0v) is 10.0. The monoisotopic (exact) mass is 209 g/mol. The van der Waals surface area contributed by atoms with E-state index in [1.54, 1.807) is 0 Å². The predicted molar refractivity (Wildman–Crippen MR) is 64.7 cm³/mol. The van der Waals surface area contributed by atoms with Crippen LogP contribution in [0.4, 0.5) is 0 Å². The fourth-order valence-electron chi connectivity index (χ4n) is 2.10. The summed E-state index contributed by atoms with van der Waals surface area (Å²) in [4.78, 5) is 2.44. The van der Waals surface area contributed by atoms with E-state index in [1.807, 2.05) is 6.08 Å². The number of ether oxygens (including phenoxy) is 1. The Morgan fingerprint density at radius 1 is 1.47 bits per heavy atom. The van der Waals surface area contributed by atoms with Gasteiger partial charge in [0.25, 0.3) is 0 Å². The van der Waals surface area contributed by atoms with Crippen LogP contribution in [-0.4, -0.2) is 31.2 Å². The number of morpholine rings is 1. The first-order chi connectivity index (χ1) is 7.29. The van der Waals surface area contributed by atoms with Gasteiger partial charge in [-0.3, -0.25) is 0 Å². The van der Waals surface area contributed by atoms with Gasteiger partial charge in [0, 0.05) is 18.8 Å². The molecule has 0 aromatic rings. The first-order valence-electron chi connectivity index (χ1n) is 5.95. The third-order valence-electron chi connectivity index (χ3n) is 2.89. The van der Waals surface area contributed by atoms with Gasteiger partial charge in [-0.25, -0.2) is 0 Å². The summed E-state index contributed by atoms with van der Waals surface area (Å²) in [5, 5.41) is 0. The lowest BCUT2D eigenvalue weighted by atomic mass is 10.00. The highest BCUT2D eigenvalue weighted by Gasteiger charge is 2.17. The van der Waals surface area contributed by atoms with Crippen LogP contribution >= 0.6 is 0 Å². The molecule has 1 fully saturated rings. The number of allylic oxidation sites excluding steroid dienone is 3. The summed E-state index contributed by atoms with van der Waals surface area (Å²) >= 11 is 0. The smallest absolute Gasteiger partial charge is 0.0642 e. The largest absolute Gasteiger partial charge is 0.378 e. The van der Waals surface area contributed by atoms with E-state index in [0.717, 1.165) is 26.3 Å². The van der Waals surface area contributed by atoms with Gasteiger partial charge in [-0.1, -0.05) is 32.9 Å². The van der Waals surface area contributed by atoms with Crippen LogP contribution in [0.15, 0.2) is 24.4 Å². The Kier molecular flexibility index (Phi) is 5.48. The standard InChI is InChI=1S/C13H23NO/c1-4-6-12(3)13(7-5-2)14-8-10-15-11-9-14/h5,7,12H,2,4,6,8-11H2,1,3H3/b13-7+. The molecule has 0 aromatic carbocycles. The van der Waals surface area contributed by atoms with E-state index < -0.39 is 0 Å². The second kappa shape index (κ2) is 6.67. The maximum absolute atomic E-state index is 5.37. The highest BCUT2D eigenvalue weighted by atomic mass is 16.5. The van der Waals surface area contributed by atoms with Gasteiger partial charge in [-0.2, -0.15) is 0 Å².